The van der Waals surface area contributed by atoms with Gasteiger partial charge in [0.2, 0.25) is 5.95 Å². The standard InChI is InChI=1S/C10H9ClN4O/c1-6-2-3-7(11)4-8(6)13-10-14-9(16)5-12-15-10/h2-5H,1H3,(H2,13,14,15,16). The van der Waals surface area contributed by atoms with E-state index in [-0.39, 0.29) is 11.5 Å². The zero-order valence-electron chi connectivity index (χ0n) is 8.49. The van der Waals surface area contributed by atoms with Gasteiger partial charge in [-0.2, -0.15) is 0 Å². The lowest BCUT2D eigenvalue weighted by Gasteiger charge is -2.07. The molecule has 16 heavy (non-hydrogen) atoms. The monoisotopic (exact) mass is 236 g/mol. The number of H-pyrrole nitrogens is 1. The molecule has 6 heteroatoms. The van der Waals surface area contributed by atoms with Crippen LogP contribution in [0.4, 0.5) is 11.6 Å². The smallest absolute Gasteiger partial charge is 0.271 e. The van der Waals surface area contributed by atoms with Crippen molar-refractivity contribution in [1.29, 1.82) is 0 Å². The van der Waals surface area contributed by atoms with E-state index < -0.39 is 0 Å². The number of nitrogens with zero attached hydrogens (tertiary/aromatic N) is 2. The van der Waals surface area contributed by atoms with Crippen LogP contribution in [-0.2, 0) is 0 Å². The normalized spacial score (nSPS) is 10.1. The molecular formula is C10H9ClN4O. The van der Waals surface area contributed by atoms with Gasteiger partial charge >= 0.3 is 0 Å². The van der Waals surface area contributed by atoms with Crippen LogP contribution in [0.5, 0.6) is 0 Å². The first kappa shape index (κ1) is 10.6. The van der Waals surface area contributed by atoms with Crippen LogP contribution in [0.15, 0.2) is 29.2 Å². The number of aromatic nitrogens is 3. The van der Waals surface area contributed by atoms with Gasteiger partial charge in [0.15, 0.2) is 0 Å². The van der Waals surface area contributed by atoms with Crippen molar-refractivity contribution >= 4 is 23.2 Å². The van der Waals surface area contributed by atoms with Crippen LogP contribution in [0.1, 0.15) is 5.56 Å². The first-order chi connectivity index (χ1) is 7.65. The predicted molar refractivity (Wildman–Crippen MR) is 62.1 cm³/mol. The van der Waals surface area contributed by atoms with E-state index in [0.29, 0.717) is 5.02 Å². The maximum atomic E-state index is 11.0. The summed E-state index contributed by atoms with van der Waals surface area (Å²) >= 11 is 5.87. The molecule has 0 radical (unpaired) electrons. The lowest BCUT2D eigenvalue weighted by atomic mass is 10.2. The quantitative estimate of drug-likeness (QED) is 0.835. The molecule has 1 aromatic heterocycles. The zero-order chi connectivity index (χ0) is 11.5. The average Bonchev–Trinajstić information content (AvgIpc) is 2.24. The van der Waals surface area contributed by atoms with E-state index in [4.69, 9.17) is 11.6 Å². The van der Waals surface area contributed by atoms with Crippen LogP contribution in [-0.4, -0.2) is 15.2 Å². The van der Waals surface area contributed by atoms with Crippen LogP contribution < -0.4 is 10.9 Å². The maximum absolute atomic E-state index is 11.0. The van der Waals surface area contributed by atoms with Gasteiger partial charge in [-0.3, -0.25) is 9.78 Å². The summed E-state index contributed by atoms with van der Waals surface area (Å²) in [6.07, 6.45) is 1.11. The fourth-order valence-corrected chi connectivity index (χ4v) is 1.40. The van der Waals surface area contributed by atoms with Crippen molar-refractivity contribution in [3.8, 4) is 0 Å². The first-order valence-electron chi connectivity index (χ1n) is 4.60. The highest BCUT2D eigenvalue weighted by Crippen LogP contribution is 2.21. The molecular weight excluding hydrogens is 228 g/mol. The fraction of sp³-hybridized carbons (Fsp3) is 0.100. The molecule has 0 aliphatic heterocycles. The molecule has 1 heterocycles. The summed E-state index contributed by atoms with van der Waals surface area (Å²) in [5.41, 5.74) is 1.47. The molecule has 1 aromatic carbocycles. The van der Waals surface area contributed by atoms with E-state index in [1.807, 2.05) is 13.0 Å². The number of rotatable bonds is 2. The van der Waals surface area contributed by atoms with Gasteiger partial charge in [-0.05, 0) is 24.6 Å². The molecule has 0 bridgehead atoms. The van der Waals surface area contributed by atoms with E-state index in [1.165, 1.54) is 0 Å². The van der Waals surface area contributed by atoms with Crippen LogP contribution in [0, 0.1) is 6.92 Å². The van der Waals surface area contributed by atoms with Gasteiger partial charge < -0.3 is 5.32 Å². The van der Waals surface area contributed by atoms with Gasteiger partial charge in [-0.15, -0.1) is 10.2 Å². The number of anilines is 2. The molecule has 0 aliphatic carbocycles. The van der Waals surface area contributed by atoms with Gasteiger partial charge in [-0.25, -0.2) is 0 Å². The zero-order valence-corrected chi connectivity index (χ0v) is 9.25. The van der Waals surface area contributed by atoms with Gasteiger partial charge in [0, 0.05) is 10.7 Å². The van der Waals surface area contributed by atoms with E-state index in [1.54, 1.807) is 12.1 Å². The van der Waals surface area contributed by atoms with E-state index in [9.17, 15) is 4.79 Å². The summed E-state index contributed by atoms with van der Waals surface area (Å²) in [7, 11) is 0. The molecule has 0 atom stereocenters. The Balaban J connectivity index is 2.33. The number of benzene rings is 1. The number of aryl methyl sites for hydroxylation is 1. The number of hydrogen-bond donors (Lipinski definition) is 2. The maximum Gasteiger partial charge on any atom is 0.271 e. The lowest BCUT2D eigenvalue weighted by molar-refractivity contribution is 0.953. The third-order valence-electron chi connectivity index (χ3n) is 2.03. The van der Waals surface area contributed by atoms with Crippen LogP contribution in [0.2, 0.25) is 5.02 Å². The molecule has 0 unspecified atom stereocenters. The Hall–Kier alpha value is -1.88. The summed E-state index contributed by atoms with van der Waals surface area (Å²) in [6, 6.07) is 5.42. The summed E-state index contributed by atoms with van der Waals surface area (Å²) in [6.45, 7) is 1.92. The Labute approximate surface area is 96.5 Å². The Bertz CT molecular complexity index is 567. The molecule has 0 amide bonds. The number of halogens is 1. The largest absolute Gasteiger partial charge is 0.324 e. The molecule has 82 valence electrons. The van der Waals surface area contributed by atoms with Crippen molar-refractivity contribution in [2.75, 3.05) is 5.32 Å². The number of aromatic amines is 1. The second-order valence-corrected chi connectivity index (χ2v) is 3.70. The molecule has 0 saturated carbocycles. The Morgan fingerprint density at radius 1 is 1.44 bits per heavy atom. The second kappa shape index (κ2) is 4.32. The van der Waals surface area contributed by atoms with Gasteiger partial charge in [0.25, 0.3) is 5.56 Å². The molecule has 0 fully saturated rings. The molecule has 0 spiro atoms. The summed E-state index contributed by atoms with van der Waals surface area (Å²) in [5.74, 6) is 0.290. The molecule has 2 aromatic rings. The van der Waals surface area contributed by atoms with Crippen LogP contribution in [0.3, 0.4) is 0 Å². The van der Waals surface area contributed by atoms with Crippen molar-refractivity contribution in [3.05, 3.63) is 45.3 Å². The van der Waals surface area contributed by atoms with Gasteiger partial charge in [0.05, 0.1) is 0 Å². The topological polar surface area (TPSA) is 70.7 Å². The van der Waals surface area contributed by atoms with Crippen molar-refractivity contribution in [2.24, 2.45) is 0 Å². The third kappa shape index (κ3) is 2.38. The van der Waals surface area contributed by atoms with Crippen molar-refractivity contribution in [1.82, 2.24) is 15.2 Å². The highest BCUT2D eigenvalue weighted by Gasteiger charge is 2.01. The van der Waals surface area contributed by atoms with Crippen LogP contribution >= 0.6 is 11.6 Å². The van der Waals surface area contributed by atoms with Crippen molar-refractivity contribution in [3.63, 3.8) is 0 Å². The van der Waals surface area contributed by atoms with Crippen molar-refractivity contribution in [2.45, 2.75) is 6.92 Å². The molecule has 2 rings (SSSR count). The summed E-state index contributed by atoms with van der Waals surface area (Å²) < 4.78 is 0. The predicted octanol–water partition coefficient (Wildman–Crippen LogP) is 1.87. The average molecular weight is 237 g/mol. The van der Waals surface area contributed by atoms with Gasteiger partial charge in [-0.1, -0.05) is 17.7 Å². The number of nitrogens with one attached hydrogen (secondary N) is 2. The SMILES string of the molecule is Cc1ccc(Cl)cc1Nc1nncc(=O)[nH]1. The van der Waals surface area contributed by atoms with Gasteiger partial charge in [0.1, 0.15) is 6.20 Å². The van der Waals surface area contributed by atoms with E-state index >= 15 is 0 Å². The van der Waals surface area contributed by atoms with E-state index in [0.717, 1.165) is 17.4 Å². The molecule has 0 saturated heterocycles. The first-order valence-corrected chi connectivity index (χ1v) is 4.98. The Morgan fingerprint density at radius 3 is 3.00 bits per heavy atom. The highest BCUT2D eigenvalue weighted by molar-refractivity contribution is 6.30. The highest BCUT2D eigenvalue weighted by atomic mass is 35.5. The third-order valence-corrected chi connectivity index (χ3v) is 2.26. The fourth-order valence-electron chi connectivity index (χ4n) is 1.23. The van der Waals surface area contributed by atoms with Crippen molar-refractivity contribution < 1.29 is 0 Å². The minimum absolute atomic E-state index is 0.290. The Morgan fingerprint density at radius 2 is 2.25 bits per heavy atom. The summed E-state index contributed by atoms with van der Waals surface area (Å²) in [5, 5.41) is 10.8. The van der Waals surface area contributed by atoms with Crippen LogP contribution in [0.25, 0.3) is 0 Å². The Kier molecular flexibility index (Phi) is 2.87. The number of hydrogen-bond acceptors (Lipinski definition) is 4. The lowest BCUT2D eigenvalue weighted by Crippen LogP contribution is -2.10. The molecule has 2 N–H and O–H groups in total. The molecule has 0 aliphatic rings. The minimum Gasteiger partial charge on any atom is -0.324 e. The second-order valence-electron chi connectivity index (χ2n) is 3.27. The van der Waals surface area contributed by atoms with E-state index in [2.05, 4.69) is 20.5 Å². The minimum atomic E-state index is -0.308. The molecule has 5 nitrogen and oxygen atoms in total. The summed E-state index contributed by atoms with van der Waals surface area (Å²) in [4.78, 5) is 13.5.